The number of furan rings is 1. The number of anilines is 1. The molecule has 1 aromatic carbocycles. The minimum atomic E-state index is -0.223. The maximum absolute atomic E-state index is 13.8. The molecule has 0 N–H and O–H groups in total. The third-order valence-electron chi connectivity index (χ3n) is 3.70. The zero-order chi connectivity index (χ0) is 14.8. The van der Waals surface area contributed by atoms with Crippen LogP contribution in [0.1, 0.15) is 16.1 Å². The van der Waals surface area contributed by atoms with Gasteiger partial charge >= 0.3 is 0 Å². The number of rotatable bonds is 2. The Balaban J connectivity index is 1.65. The Morgan fingerprint density at radius 1 is 1.19 bits per heavy atom. The fraction of sp³-hybridized carbons (Fsp3) is 0.312. The number of hydrogen-bond acceptors (Lipinski definition) is 3. The van der Waals surface area contributed by atoms with Crippen LogP contribution in [0.15, 0.2) is 41.0 Å². The average molecular weight is 288 g/mol. The minimum absolute atomic E-state index is 0.101. The lowest BCUT2D eigenvalue weighted by atomic mass is 10.2. The summed E-state index contributed by atoms with van der Waals surface area (Å²) in [5.74, 6) is 0.0436. The normalized spacial score (nSPS) is 15.3. The van der Waals surface area contributed by atoms with Crippen molar-refractivity contribution in [1.29, 1.82) is 0 Å². The molecule has 0 aliphatic carbocycles. The Kier molecular flexibility index (Phi) is 3.64. The third-order valence-corrected chi connectivity index (χ3v) is 3.70. The molecule has 1 aromatic heterocycles. The summed E-state index contributed by atoms with van der Waals surface area (Å²) in [7, 11) is 0. The van der Waals surface area contributed by atoms with E-state index in [0.717, 1.165) is 5.56 Å². The minimum Gasteiger partial charge on any atom is -0.459 e. The average Bonchev–Trinajstić information content (AvgIpc) is 2.94. The van der Waals surface area contributed by atoms with E-state index in [1.165, 1.54) is 6.07 Å². The van der Waals surface area contributed by atoms with Crippen LogP contribution in [0, 0.1) is 12.7 Å². The Bertz CT molecular complexity index is 645. The molecule has 0 radical (unpaired) electrons. The highest BCUT2D eigenvalue weighted by atomic mass is 19.1. The molecule has 110 valence electrons. The van der Waals surface area contributed by atoms with Crippen LogP contribution >= 0.6 is 0 Å². The largest absolute Gasteiger partial charge is 0.459 e. The molecular formula is C16H17FN2O2. The number of piperazine rings is 1. The van der Waals surface area contributed by atoms with Crippen LogP contribution in [0.2, 0.25) is 0 Å². The Hall–Kier alpha value is -2.30. The van der Waals surface area contributed by atoms with Crippen LogP contribution in [0.4, 0.5) is 10.1 Å². The van der Waals surface area contributed by atoms with Crippen molar-refractivity contribution in [2.45, 2.75) is 6.92 Å². The number of hydrogen-bond donors (Lipinski definition) is 0. The summed E-state index contributed by atoms with van der Waals surface area (Å²) >= 11 is 0. The summed E-state index contributed by atoms with van der Waals surface area (Å²) in [6.45, 7) is 4.24. The fourth-order valence-electron chi connectivity index (χ4n) is 2.56. The van der Waals surface area contributed by atoms with Crippen LogP contribution in [0.25, 0.3) is 0 Å². The van der Waals surface area contributed by atoms with Gasteiger partial charge in [-0.3, -0.25) is 4.79 Å². The van der Waals surface area contributed by atoms with Crippen LogP contribution < -0.4 is 4.90 Å². The molecule has 1 amide bonds. The first kappa shape index (κ1) is 13.7. The predicted molar refractivity (Wildman–Crippen MR) is 78.0 cm³/mol. The summed E-state index contributed by atoms with van der Waals surface area (Å²) in [5.41, 5.74) is 1.53. The highest BCUT2D eigenvalue weighted by molar-refractivity contribution is 5.91. The Labute approximate surface area is 122 Å². The van der Waals surface area contributed by atoms with E-state index >= 15 is 0 Å². The smallest absolute Gasteiger partial charge is 0.289 e. The van der Waals surface area contributed by atoms with E-state index in [0.29, 0.717) is 37.6 Å². The van der Waals surface area contributed by atoms with Crippen molar-refractivity contribution in [3.05, 3.63) is 53.7 Å². The van der Waals surface area contributed by atoms with Crippen molar-refractivity contribution in [2.75, 3.05) is 31.1 Å². The first-order chi connectivity index (χ1) is 10.1. The molecule has 5 heteroatoms. The van der Waals surface area contributed by atoms with Crippen molar-refractivity contribution in [3.63, 3.8) is 0 Å². The van der Waals surface area contributed by atoms with E-state index in [1.54, 1.807) is 29.4 Å². The number of benzene rings is 1. The van der Waals surface area contributed by atoms with Gasteiger partial charge in [0.05, 0.1) is 12.0 Å². The van der Waals surface area contributed by atoms with E-state index < -0.39 is 0 Å². The summed E-state index contributed by atoms with van der Waals surface area (Å²) in [4.78, 5) is 16.0. The first-order valence-electron chi connectivity index (χ1n) is 6.99. The monoisotopic (exact) mass is 288 g/mol. The lowest BCUT2D eigenvalue weighted by molar-refractivity contribution is 0.0714. The van der Waals surface area contributed by atoms with E-state index in [4.69, 9.17) is 4.42 Å². The quantitative estimate of drug-likeness (QED) is 0.852. The van der Waals surface area contributed by atoms with Crippen molar-refractivity contribution in [1.82, 2.24) is 4.90 Å². The Morgan fingerprint density at radius 2 is 1.90 bits per heavy atom. The second-order valence-corrected chi connectivity index (χ2v) is 5.22. The molecule has 1 fully saturated rings. The molecule has 0 atom stereocenters. The standard InChI is InChI=1S/C16H17FN2O2/c1-12-10-15(21-11-12)16(20)19-8-6-18(7-9-19)14-5-3-2-4-13(14)17/h2-5,10-11H,6-9H2,1H3. The second kappa shape index (κ2) is 5.60. The summed E-state index contributed by atoms with van der Waals surface area (Å²) in [5, 5.41) is 0. The van der Waals surface area contributed by atoms with Gasteiger partial charge < -0.3 is 14.2 Å². The zero-order valence-electron chi connectivity index (χ0n) is 11.9. The van der Waals surface area contributed by atoms with Gasteiger partial charge in [-0.2, -0.15) is 0 Å². The zero-order valence-corrected chi connectivity index (χ0v) is 11.9. The fourth-order valence-corrected chi connectivity index (χ4v) is 2.56. The molecule has 4 nitrogen and oxygen atoms in total. The number of para-hydroxylation sites is 1. The molecule has 2 heterocycles. The number of carbonyl (C=O) groups excluding carboxylic acids is 1. The topological polar surface area (TPSA) is 36.7 Å². The molecule has 2 aromatic rings. The maximum Gasteiger partial charge on any atom is 0.289 e. The Morgan fingerprint density at radius 3 is 2.52 bits per heavy atom. The molecule has 1 aliphatic heterocycles. The van der Waals surface area contributed by atoms with Crippen molar-refractivity contribution in [2.24, 2.45) is 0 Å². The number of carbonyl (C=O) groups is 1. The van der Waals surface area contributed by atoms with Gasteiger partial charge in [-0.05, 0) is 30.7 Å². The third kappa shape index (κ3) is 2.77. The van der Waals surface area contributed by atoms with Gasteiger partial charge in [0.25, 0.3) is 5.91 Å². The van der Waals surface area contributed by atoms with Crippen molar-refractivity contribution >= 4 is 11.6 Å². The lowest BCUT2D eigenvalue weighted by Crippen LogP contribution is -2.49. The molecule has 1 aliphatic rings. The number of nitrogens with zero attached hydrogens (tertiary/aromatic N) is 2. The molecule has 0 saturated carbocycles. The molecule has 0 spiro atoms. The molecular weight excluding hydrogens is 271 g/mol. The predicted octanol–water partition coefficient (Wildman–Crippen LogP) is 2.69. The lowest BCUT2D eigenvalue weighted by Gasteiger charge is -2.35. The van der Waals surface area contributed by atoms with Gasteiger partial charge in [0.15, 0.2) is 5.76 Å². The number of aryl methyl sites for hydroxylation is 1. The summed E-state index contributed by atoms with van der Waals surface area (Å²) in [6, 6.07) is 8.46. The van der Waals surface area contributed by atoms with Crippen LogP contribution in [-0.4, -0.2) is 37.0 Å². The van der Waals surface area contributed by atoms with Crippen molar-refractivity contribution < 1.29 is 13.6 Å². The summed E-state index contributed by atoms with van der Waals surface area (Å²) < 4.78 is 19.0. The van der Waals surface area contributed by atoms with E-state index in [-0.39, 0.29) is 11.7 Å². The highest BCUT2D eigenvalue weighted by Crippen LogP contribution is 2.21. The van der Waals surface area contributed by atoms with Gasteiger partial charge in [0.1, 0.15) is 5.82 Å². The van der Waals surface area contributed by atoms with Gasteiger partial charge in [-0.1, -0.05) is 12.1 Å². The van der Waals surface area contributed by atoms with Crippen LogP contribution in [-0.2, 0) is 0 Å². The van der Waals surface area contributed by atoms with Gasteiger partial charge in [-0.15, -0.1) is 0 Å². The second-order valence-electron chi connectivity index (χ2n) is 5.22. The molecule has 21 heavy (non-hydrogen) atoms. The van der Waals surface area contributed by atoms with E-state index in [2.05, 4.69) is 0 Å². The molecule has 3 rings (SSSR count). The SMILES string of the molecule is Cc1coc(C(=O)N2CCN(c3ccccc3F)CC2)c1. The number of halogens is 1. The number of amides is 1. The van der Waals surface area contributed by atoms with E-state index in [9.17, 15) is 9.18 Å². The van der Waals surface area contributed by atoms with Crippen molar-refractivity contribution in [3.8, 4) is 0 Å². The highest BCUT2D eigenvalue weighted by Gasteiger charge is 2.25. The van der Waals surface area contributed by atoms with Gasteiger partial charge in [-0.25, -0.2) is 4.39 Å². The van der Waals surface area contributed by atoms with E-state index in [1.807, 2.05) is 17.9 Å². The summed E-state index contributed by atoms with van der Waals surface area (Å²) in [6.07, 6.45) is 1.57. The maximum atomic E-state index is 13.8. The van der Waals surface area contributed by atoms with Crippen LogP contribution in [0.3, 0.4) is 0 Å². The van der Waals surface area contributed by atoms with Crippen LogP contribution in [0.5, 0.6) is 0 Å². The molecule has 0 bridgehead atoms. The van der Waals surface area contributed by atoms with Gasteiger partial charge in [0.2, 0.25) is 0 Å². The van der Waals surface area contributed by atoms with Gasteiger partial charge in [0, 0.05) is 26.2 Å². The first-order valence-corrected chi connectivity index (χ1v) is 6.99. The molecule has 1 saturated heterocycles. The molecule has 0 unspecified atom stereocenters.